The van der Waals surface area contributed by atoms with Gasteiger partial charge in [-0.1, -0.05) is 65.8 Å². The van der Waals surface area contributed by atoms with Gasteiger partial charge >= 0.3 is 0 Å². The number of rotatable bonds is 17. The van der Waals surface area contributed by atoms with Gasteiger partial charge < -0.3 is 29.3 Å². The fraction of sp³-hybridized carbons (Fsp3) is 0.583. The highest BCUT2D eigenvalue weighted by Crippen LogP contribution is 2.42. The number of halogens is 1. The maximum atomic E-state index is 13.9. The van der Waals surface area contributed by atoms with Crippen LogP contribution in [0.2, 0.25) is 0 Å². The van der Waals surface area contributed by atoms with Crippen molar-refractivity contribution in [3.63, 3.8) is 0 Å². The molecule has 4 rings (SSSR count). The van der Waals surface area contributed by atoms with Gasteiger partial charge in [0.15, 0.2) is 11.5 Å². The largest absolute Gasteiger partial charge is 0.490 e. The van der Waals surface area contributed by atoms with E-state index in [4.69, 9.17) is 19.0 Å². The van der Waals surface area contributed by atoms with E-state index in [1.54, 1.807) is 12.1 Å². The summed E-state index contributed by atoms with van der Waals surface area (Å²) in [5, 5.41) is 7.65. The van der Waals surface area contributed by atoms with Crippen LogP contribution in [0.3, 0.4) is 0 Å². The molecule has 0 aromatic heterocycles. The number of carbonyl (C=O) groups is 2. The molecule has 2 aliphatic rings. The average Bonchev–Trinajstić information content (AvgIpc) is 3.52. The molecule has 0 radical (unpaired) electrons. The van der Waals surface area contributed by atoms with E-state index in [1.165, 1.54) is 19.3 Å². The van der Waals surface area contributed by atoms with Crippen molar-refractivity contribution in [1.82, 2.24) is 10.2 Å². The molecule has 0 saturated carbocycles. The number of hydrogen-bond acceptors (Lipinski definition) is 7. The van der Waals surface area contributed by atoms with Crippen molar-refractivity contribution in [1.29, 1.82) is 0 Å². The van der Waals surface area contributed by atoms with Gasteiger partial charge in [-0.05, 0) is 64.3 Å². The van der Waals surface area contributed by atoms with Crippen molar-refractivity contribution in [3.8, 4) is 17.2 Å². The molecule has 1 N–H and O–H groups in total. The molecule has 0 bridgehead atoms. The number of hydrogen-bond donors (Lipinski definition) is 1. The number of benzene rings is 2. The molecule has 10 heteroatoms. The molecule has 1 atom stereocenters. The van der Waals surface area contributed by atoms with Crippen LogP contribution in [0.1, 0.15) is 101 Å². The lowest BCUT2D eigenvalue weighted by Gasteiger charge is -2.41. The molecule has 2 aromatic rings. The van der Waals surface area contributed by atoms with Crippen LogP contribution in [0.5, 0.6) is 17.2 Å². The van der Waals surface area contributed by atoms with Crippen LogP contribution >= 0.6 is 15.9 Å². The zero-order valence-corrected chi connectivity index (χ0v) is 29.5. The molecule has 1 saturated heterocycles. The van der Waals surface area contributed by atoms with Crippen molar-refractivity contribution in [2.45, 2.75) is 91.6 Å². The van der Waals surface area contributed by atoms with Crippen molar-refractivity contribution in [2.24, 2.45) is 10.6 Å². The minimum atomic E-state index is -0.654. The lowest BCUT2D eigenvalue weighted by Crippen LogP contribution is -2.51. The summed E-state index contributed by atoms with van der Waals surface area (Å²) in [6, 6.07) is 11.5. The van der Waals surface area contributed by atoms with Crippen LogP contribution in [-0.4, -0.2) is 68.0 Å². The fourth-order valence-electron chi connectivity index (χ4n) is 6.29. The summed E-state index contributed by atoms with van der Waals surface area (Å²) in [5.41, 5.74) is 1.72. The van der Waals surface area contributed by atoms with Crippen LogP contribution in [0.4, 0.5) is 0 Å². The van der Waals surface area contributed by atoms with E-state index >= 15 is 0 Å². The molecule has 0 spiro atoms. The molecule has 0 aliphatic carbocycles. The third-order valence-corrected chi connectivity index (χ3v) is 9.21. The summed E-state index contributed by atoms with van der Waals surface area (Å²) in [6.07, 6.45) is 7.71. The van der Waals surface area contributed by atoms with Gasteiger partial charge in [0.25, 0.3) is 5.91 Å². The number of ether oxygens (including phenoxy) is 3. The Balaban J connectivity index is 1.48. The topological polar surface area (TPSA) is 98.7 Å². The van der Waals surface area contributed by atoms with Gasteiger partial charge in [0.2, 0.25) is 11.7 Å². The Morgan fingerprint density at radius 3 is 2.26 bits per heavy atom. The number of amides is 2. The molecule has 2 aromatic carbocycles. The Bertz CT molecular complexity index is 1310. The van der Waals surface area contributed by atoms with Crippen LogP contribution < -0.4 is 19.5 Å². The first-order valence-electron chi connectivity index (χ1n) is 17.0. The Labute approximate surface area is 282 Å². The second-order valence-electron chi connectivity index (χ2n) is 12.0. The van der Waals surface area contributed by atoms with Crippen LogP contribution in [0.15, 0.2) is 46.0 Å². The predicted molar refractivity (Wildman–Crippen MR) is 184 cm³/mol. The second kappa shape index (κ2) is 17.6. The van der Waals surface area contributed by atoms with E-state index in [1.807, 2.05) is 49.9 Å². The summed E-state index contributed by atoms with van der Waals surface area (Å²) in [7, 11) is 0. The predicted octanol–water partition coefficient (Wildman–Crippen LogP) is 7.54. The van der Waals surface area contributed by atoms with Gasteiger partial charge in [-0.2, -0.15) is 0 Å². The van der Waals surface area contributed by atoms with E-state index in [0.29, 0.717) is 88.0 Å². The maximum absolute atomic E-state index is 13.9. The maximum Gasteiger partial charge on any atom is 0.254 e. The van der Waals surface area contributed by atoms with Crippen molar-refractivity contribution in [3.05, 3.63) is 52.0 Å². The SMILES string of the molecule is CCCCCCCNC(=O)C1(CC2CC(c3cccc(Br)c3)=NO2)CCN(C(=O)c2cc(OCC)c(OCC)c(OCC)c2)CC1. The number of oxime groups is 1. The number of nitrogens with zero attached hydrogens (tertiary/aromatic N) is 2. The first-order valence-corrected chi connectivity index (χ1v) is 17.8. The lowest BCUT2D eigenvalue weighted by molar-refractivity contribution is -0.136. The van der Waals surface area contributed by atoms with E-state index < -0.39 is 5.41 Å². The summed E-state index contributed by atoms with van der Waals surface area (Å²) in [5.74, 6) is 1.42. The molecule has 2 aliphatic heterocycles. The summed E-state index contributed by atoms with van der Waals surface area (Å²) in [6.45, 7) is 10.8. The highest BCUT2D eigenvalue weighted by Gasteiger charge is 2.45. The van der Waals surface area contributed by atoms with Gasteiger partial charge in [-0.25, -0.2) is 0 Å². The van der Waals surface area contributed by atoms with E-state index in [-0.39, 0.29) is 17.9 Å². The first-order chi connectivity index (χ1) is 22.3. The monoisotopic (exact) mass is 699 g/mol. The molecule has 46 heavy (non-hydrogen) atoms. The Hall–Kier alpha value is -3.27. The van der Waals surface area contributed by atoms with Gasteiger partial charge in [0, 0.05) is 48.1 Å². The Morgan fingerprint density at radius 1 is 0.957 bits per heavy atom. The van der Waals surface area contributed by atoms with E-state index in [0.717, 1.165) is 28.6 Å². The normalized spacial score (nSPS) is 17.2. The quantitative estimate of drug-likeness (QED) is 0.171. The number of likely N-dealkylation sites (tertiary alicyclic amines) is 1. The highest BCUT2D eigenvalue weighted by atomic mass is 79.9. The van der Waals surface area contributed by atoms with Crippen molar-refractivity contribution >= 4 is 33.5 Å². The van der Waals surface area contributed by atoms with Crippen LogP contribution in [0, 0.1) is 5.41 Å². The highest BCUT2D eigenvalue weighted by molar-refractivity contribution is 9.10. The van der Waals surface area contributed by atoms with Crippen molar-refractivity contribution < 1.29 is 28.6 Å². The zero-order valence-electron chi connectivity index (χ0n) is 27.9. The standard InChI is InChI=1S/C36H50BrN3O6/c1-5-9-10-11-12-18-38-35(42)36(25-29-24-30(39-46-29)26-14-13-15-28(37)21-26)16-19-40(20-17-36)34(41)27-22-31(43-6-2)33(45-8-4)32(23-27)44-7-3/h13-15,21-23,29H,5-12,16-20,24-25H2,1-4H3,(H,38,42). The summed E-state index contributed by atoms with van der Waals surface area (Å²) < 4.78 is 18.5. The Morgan fingerprint density at radius 2 is 1.63 bits per heavy atom. The van der Waals surface area contributed by atoms with Crippen LogP contribution in [-0.2, 0) is 9.63 Å². The molecule has 2 heterocycles. The average molecular weight is 701 g/mol. The zero-order chi connectivity index (χ0) is 32.9. The van der Waals surface area contributed by atoms with Gasteiger partial charge in [-0.15, -0.1) is 0 Å². The molecular weight excluding hydrogens is 650 g/mol. The minimum Gasteiger partial charge on any atom is -0.490 e. The number of nitrogens with one attached hydrogen (secondary N) is 1. The molecule has 252 valence electrons. The number of unbranched alkanes of at least 4 members (excludes halogenated alkanes) is 4. The molecular formula is C36H50BrN3O6. The number of piperidine rings is 1. The first kappa shape index (κ1) is 35.6. The summed E-state index contributed by atoms with van der Waals surface area (Å²) in [4.78, 5) is 35.5. The third-order valence-electron chi connectivity index (χ3n) is 8.72. The van der Waals surface area contributed by atoms with E-state index in [2.05, 4.69) is 33.3 Å². The molecule has 1 unspecified atom stereocenters. The lowest BCUT2D eigenvalue weighted by atomic mass is 9.72. The smallest absolute Gasteiger partial charge is 0.254 e. The fourth-order valence-corrected chi connectivity index (χ4v) is 6.69. The van der Waals surface area contributed by atoms with Crippen molar-refractivity contribution in [2.75, 3.05) is 39.5 Å². The van der Waals surface area contributed by atoms with Gasteiger partial charge in [0.1, 0.15) is 6.10 Å². The van der Waals surface area contributed by atoms with E-state index in [9.17, 15) is 9.59 Å². The van der Waals surface area contributed by atoms with Gasteiger partial charge in [0.05, 0.1) is 30.9 Å². The molecule has 9 nitrogen and oxygen atoms in total. The third kappa shape index (κ3) is 9.17. The second-order valence-corrected chi connectivity index (χ2v) is 12.9. The Kier molecular flexibility index (Phi) is 13.6. The van der Waals surface area contributed by atoms with Gasteiger partial charge in [-0.3, -0.25) is 9.59 Å². The minimum absolute atomic E-state index is 0.0490. The molecule has 1 fully saturated rings. The number of carbonyl (C=O) groups excluding carboxylic acids is 2. The summed E-state index contributed by atoms with van der Waals surface area (Å²) >= 11 is 3.54. The van der Waals surface area contributed by atoms with Crippen LogP contribution in [0.25, 0.3) is 0 Å². The molecule has 2 amide bonds.